The Morgan fingerprint density at radius 2 is 0.903 bits per heavy atom. The molecule has 0 radical (unpaired) electrons. The first-order chi connectivity index (χ1) is 28.9. The Labute approximate surface area is 370 Å². The molecule has 0 aromatic heterocycles. The van der Waals surface area contributed by atoms with E-state index in [2.05, 4.69) is 52.2 Å². The number of aryl methyl sites for hydroxylation is 1. The molecule has 0 spiro atoms. The first-order valence-electron chi connectivity index (χ1n) is 21.4. The zero-order valence-corrected chi connectivity index (χ0v) is 39.1. The molecular formula is C51H67BN2O8. The SMILES string of the molecule is COC(=O)C[C@H](Cc1ccc(B2OC(C)(C)C(C)(C)O2)cc1)NC(=O)c1ccc(C(C)(C)C)cc1.COC(=O)C[C@H](Cc1ccc(C)cc1)NC(=O)c1ccc(C(C)(C)C)cc1. The normalized spacial score (nSPS) is 15.3. The number of hydrogen-bond donors (Lipinski definition) is 2. The Kier molecular flexibility index (Phi) is 16.5. The summed E-state index contributed by atoms with van der Waals surface area (Å²) in [6.07, 6.45) is 1.28. The molecule has 1 saturated heterocycles. The van der Waals surface area contributed by atoms with Crippen LogP contribution in [0, 0.1) is 6.92 Å². The molecular weight excluding hydrogens is 779 g/mol. The van der Waals surface area contributed by atoms with Gasteiger partial charge in [0.1, 0.15) is 0 Å². The molecule has 2 amide bonds. The lowest BCUT2D eigenvalue weighted by Crippen LogP contribution is -2.41. The van der Waals surface area contributed by atoms with Gasteiger partial charge < -0.3 is 29.4 Å². The van der Waals surface area contributed by atoms with Crippen LogP contribution in [0.25, 0.3) is 0 Å². The van der Waals surface area contributed by atoms with Crippen molar-refractivity contribution in [2.45, 2.75) is 136 Å². The smallest absolute Gasteiger partial charge is 0.469 e. The first kappa shape index (κ1) is 49.4. The molecule has 2 N–H and O–H groups in total. The molecule has 5 rings (SSSR count). The van der Waals surface area contributed by atoms with Crippen LogP contribution < -0.4 is 16.1 Å². The summed E-state index contributed by atoms with van der Waals surface area (Å²) in [7, 11) is 2.28. The summed E-state index contributed by atoms with van der Waals surface area (Å²) in [5.74, 6) is -1.10. The van der Waals surface area contributed by atoms with Crippen LogP contribution in [0.1, 0.15) is 131 Å². The Hall–Kier alpha value is -5.26. The molecule has 4 aromatic rings. The average Bonchev–Trinajstić information content (AvgIpc) is 3.43. The van der Waals surface area contributed by atoms with Crippen LogP contribution in [-0.2, 0) is 52.0 Å². The summed E-state index contributed by atoms with van der Waals surface area (Å²) in [5, 5.41) is 5.99. The summed E-state index contributed by atoms with van der Waals surface area (Å²) < 4.78 is 21.9. The largest absolute Gasteiger partial charge is 0.494 e. The Morgan fingerprint density at radius 3 is 1.23 bits per heavy atom. The molecule has 10 nitrogen and oxygen atoms in total. The lowest BCUT2D eigenvalue weighted by molar-refractivity contribution is -0.142. The molecule has 11 heteroatoms. The van der Waals surface area contributed by atoms with Gasteiger partial charge in [0.25, 0.3) is 11.8 Å². The number of carbonyl (C=O) groups excluding carboxylic acids is 4. The van der Waals surface area contributed by atoms with E-state index in [4.69, 9.17) is 18.8 Å². The van der Waals surface area contributed by atoms with Crippen molar-refractivity contribution in [2.24, 2.45) is 0 Å². The van der Waals surface area contributed by atoms with E-state index in [0.717, 1.165) is 22.2 Å². The second kappa shape index (κ2) is 20.7. The molecule has 1 aliphatic heterocycles. The number of esters is 2. The van der Waals surface area contributed by atoms with E-state index in [1.54, 1.807) is 0 Å². The Bertz CT molecular complexity index is 2100. The summed E-state index contributed by atoms with van der Waals surface area (Å²) in [4.78, 5) is 49.4. The standard InChI is InChI=1S/C28H38BNO5.C23H29NO3/c1-26(2,3)21-13-11-20(12-14-21)25(32)30-23(18-24(31)33-8)17-19-9-15-22(16-10-19)29-34-27(4,5)28(6,7)35-29;1-16-6-8-17(9-7-16)14-20(15-21(25)27-5)24-22(26)18-10-12-19(13-11-18)23(2,3)4/h9-16,23H,17-18H2,1-8H3,(H,30,32);6-13,20H,14-15H2,1-5H3,(H,24,26)/t23-;20-/m00/s1. The van der Waals surface area contributed by atoms with Gasteiger partial charge in [0, 0.05) is 23.2 Å². The summed E-state index contributed by atoms with van der Waals surface area (Å²) in [5.41, 5.74) is 6.86. The summed E-state index contributed by atoms with van der Waals surface area (Å²) in [6.45, 7) is 22.9. The van der Waals surface area contributed by atoms with Gasteiger partial charge in [-0.2, -0.15) is 0 Å². The number of hydrogen-bond acceptors (Lipinski definition) is 8. The summed E-state index contributed by atoms with van der Waals surface area (Å²) >= 11 is 0. The maximum atomic E-state index is 12.9. The number of benzene rings is 4. The number of methoxy groups -OCH3 is 2. The minimum Gasteiger partial charge on any atom is -0.469 e. The van der Waals surface area contributed by atoms with E-state index in [0.29, 0.717) is 24.0 Å². The number of ether oxygens (including phenoxy) is 2. The molecule has 0 aliphatic carbocycles. The molecule has 332 valence electrons. The van der Waals surface area contributed by atoms with Gasteiger partial charge in [-0.05, 0) is 110 Å². The number of rotatable bonds is 13. The molecule has 0 saturated carbocycles. The van der Waals surface area contributed by atoms with Crippen LogP contribution >= 0.6 is 0 Å². The van der Waals surface area contributed by atoms with Crippen LogP contribution in [0.3, 0.4) is 0 Å². The van der Waals surface area contributed by atoms with Gasteiger partial charge in [0.2, 0.25) is 0 Å². The molecule has 1 heterocycles. The Balaban J connectivity index is 0.000000282. The maximum Gasteiger partial charge on any atom is 0.494 e. The maximum absolute atomic E-state index is 12.9. The predicted octanol–water partition coefficient (Wildman–Crippen LogP) is 8.38. The third-order valence-corrected chi connectivity index (χ3v) is 11.6. The van der Waals surface area contributed by atoms with Gasteiger partial charge in [-0.15, -0.1) is 0 Å². The highest BCUT2D eigenvalue weighted by Crippen LogP contribution is 2.36. The van der Waals surface area contributed by atoms with E-state index in [-0.39, 0.29) is 53.5 Å². The van der Waals surface area contributed by atoms with Crippen molar-refractivity contribution in [3.63, 3.8) is 0 Å². The number of carbonyl (C=O) groups is 4. The fourth-order valence-corrected chi connectivity index (χ4v) is 6.78. The number of amides is 2. The van der Waals surface area contributed by atoms with Gasteiger partial charge in [-0.3, -0.25) is 19.2 Å². The third kappa shape index (κ3) is 14.1. The molecule has 4 aromatic carbocycles. The van der Waals surface area contributed by atoms with E-state index in [1.807, 2.05) is 132 Å². The molecule has 0 bridgehead atoms. The van der Waals surface area contributed by atoms with Crippen LogP contribution in [-0.4, -0.2) is 68.4 Å². The van der Waals surface area contributed by atoms with Crippen LogP contribution in [0.15, 0.2) is 97.1 Å². The Morgan fingerprint density at radius 1 is 0.565 bits per heavy atom. The van der Waals surface area contributed by atoms with E-state index >= 15 is 0 Å². The van der Waals surface area contributed by atoms with E-state index < -0.39 is 24.4 Å². The zero-order valence-electron chi connectivity index (χ0n) is 39.1. The first-order valence-corrected chi connectivity index (χ1v) is 21.4. The molecule has 0 unspecified atom stereocenters. The monoisotopic (exact) mass is 846 g/mol. The average molecular weight is 847 g/mol. The van der Waals surface area contributed by atoms with Crippen molar-refractivity contribution in [1.29, 1.82) is 0 Å². The number of nitrogens with one attached hydrogen (secondary N) is 2. The second-order valence-electron chi connectivity index (χ2n) is 19.3. The summed E-state index contributed by atoms with van der Waals surface area (Å²) in [6, 6.07) is 30.5. The zero-order chi connectivity index (χ0) is 46.0. The fourth-order valence-electron chi connectivity index (χ4n) is 6.78. The highest BCUT2D eigenvalue weighted by Gasteiger charge is 2.51. The van der Waals surface area contributed by atoms with E-state index in [1.165, 1.54) is 25.3 Å². The van der Waals surface area contributed by atoms with Crippen molar-refractivity contribution in [3.8, 4) is 0 Å². The predicted molar refractivity (Wildman–Crippen MR) is 247 cm³/mol. The topological polar surface area (TPSA) is 129 Å². The van der Waals surface area contributed by atoms with Crippen LogP contribution in [0.4, 0.5) is 0 Å². The molecule has 1 fully saturated rings. The van der Waals surface area contributed by atoms with Crippen molar-refractivity contribution in [3.05, 3.63) is 136 Å². The van der Waals surface area contributed by atoms with E-state index in [9.17, 15) is 19.2 Å². The highest BCUT2D eigenvalue weighted by atomic mass is 16.7. The van der Waals surface area contributed by atoms with Crippen molar-refractivity contribution in [1.82, 2.24) is 10.6 Å². The van der Waals surface area contributed by atoms with Crippen molar-refractivity contribution in [2.75, 3.05) is 14.2 Å². The minimum atomic E-state index is -0.435. The third-order valence-electron chi connectivity index (χ3n) is 11.6. The van der Waals surface area contributed by atoms with Crippen LogP contribution in [0.2, 0.25) is 0 Å². The van der Waals surface area contributed by atoms with Gasteiger partial charge in [0.15, 0.2) is 0 Å². The molecule has 1 aliphatic rings. The highest BCUT2D eigenvalue weighted by molar-refractivity contribution is 6.62. The van der Waals surface area contributed by atoms with Gasteiger partial charge in [-0.25, -0.2) is 0 Å². The van der Waals surface area contributed by atoms with Crippen molar-refractivity contribution >= 4 is 36.3 Å². The second-order valence-corrected chi connectivity index (χ2v) is 19.3. The lowest BCUT2D eigenvalue weighted by atomic mass is 9.78. The molecule has 2 atom stereocenters. The lowest BCUT2D eigenvalue weighted by Gasteiger charge is -2.32. The fraction of sp³-hybridized carbons (Fsp3) is 0.451. The quantitative estimate of drug-likeness (QED) is 0.102. The minimum absolute atomic E-state index is 0.00860. The van der Waals surface area contributed by atoms with Gasteiger partial charge >= 0.3 is 19.1 Å². The van der Waals surface area contributed by atoms with Crippen molar-refractivity contribution < 1.29 is 38.0 Å². The van der Waals surface area contributed by atoms with Gasteiger partial charge in [0.05, 0.1) is 38.3 Å². The molecule has 62 heavy (non-hydrogen) atoms. The van der Waals surface area contributed by atoms with Crippen LogP contribution in [0.5, 0.6) is 0 Å². The van der Waals surface area contributed by atoms with Gasteiger partial charge in [-0.1, -0.05) is 120 Å².